The van der Waals surface area contributed by atoms with E-state index in [1.807, 2.05) is 97.1 Å². The van der Waals surface area contributed by atoms with Crippen LogP contribution >= 0.6 is 23.2 Å². The summed E-state index contributed by atoms with van der Waals surface area (Å²) in [6, 6.07) is 36.2. The van der Waals surface area contributed by atoms with Gasteiger partial charge in [-0.25, -0.2) is 4.79 Å². The highest BCUT2D eigenvalue weighted by atomic mass is 35.5. The highest BCUT2D eigenvalue weighted by molar-refractivity contribution is 6.36. The maximum atomic E-state index is 12.9. The average Bonchev–Trinajstić information content (AvgIpc) is 3.44. The average molecular weight is 1070 g/mol. The summed E-state index contributed by atoms with van der Waals surface area (Å²) in [6.45, 7) is 16.7. The molecule has 0 spiro atoms. The molecule has 0 saturated heterocycles. The molecular formula is C58H72Cl2N4O11. The summed E-state index contributed by atoms with van der Waals surface area (Å²) in [7, 11) is 6.44. The van der Waals surface area contributed by atoms with Crippen LogP contribution in [-0.4, -0.2) is 108 Å². The Morgan fingerprint density at radius 1 is 0.480 bits per heavy atom. The molecule has 0 saturated carbocycles. The first-order chi connectivity index (χ1) is 36.3. The molecule has 75 heavy (non-hydrogen) atoms. The van der Waals surface area contributed by atoms with Gasteiger partial charge in [-0.05, 0) is 121 Å². The molecule has 6 aromatic rings. The highest BCUT2D eigenvalue weighted by Gasteiger charge is 2.21. The second-order valence-electron chi connectivity index (χ2n) is 16.5. The fourth-order valence-corrected chi connectivity index (χ4v) is 7.71. The number of ether oxygens (including phenoxy) is 8. The molecule has 1 amide bonds. The Labute approximate surface area is 452 Å². The first-order valence-electron chi connectivity index (χ1n) is 24.7. The first kappa shape index (κ1) is 60.7. The minimum atomic E-state index is -1.14. The van der Waals surface area contributed by atoms with Gasteiger partial charge >= 0.3 is 5.97 Å². The number of benzene rings is 6. The lowest BCUT2D eigenvalue weighted by Crippen LogP contribution is -2.34. The Bertz CT molecular complexity index is 2610. The lowest BCUT2D eigenvalue weighted by Gasteiger charge is -2.19. The third-order valence-electron chi connectivity index (χ3n) is 11.7. The van der Waals surface area contributed by atoms with Crippen LogP contribution in [0.5, 0.6) is 46.0 Å². The molecule has 0 aliphatic carbocycles. The van der Waals surface area contributed by atoms with Gasteiger partial charge in [-0.3, -0.25) is 4.79 Å². The molecule has 0 atom stereocenters. The molecule has 4 N–H and O–H groups in total. The summed E-state index contributed by atoms with van der Waals surface area (Å²) in [6.07, 6.45) is 0. The van der Waals surface area contributed by atoms with E-state index in [0.29, 0.717) is 36.0 Å². The van der Waals surface area contributed by atoms with E-state index >= 15 is 0 Å². The van der Waals surface area contributed by atoms with Crippen molar-refractivity contribution in [2.45, 2.75) is 54.1 Å². The van der Waals surface area contributed by atoms with Gasteiger partial charge in [0.15, 0.2) is 23.0 Å². The van der Waals surface area contributed by atoms with Gasteiger partial charge in [0.1, 0.15) is 54.4 Å². The van der Waals surface area contributed by atoms with E-state index in [4.69, 9.17) is 66.8 Å². The number of nitrogens with one attached hydrogen (secondary N) is 1. The molecule has 0 unspecified atom stereocenters. The molecule has 0 heterocycles. The van der Waals surface area contributed by atoms with E-state index in [1.54, 1.807) is 46.6 Å². The fraction of sp³-hybridized carbons (Fsp3) is 0.345. The van der Waals surface area contributed by atoms with Gasteiger partial charge < -0.3 is 63.9 Å². The number of carboxylic acids is 1. The Morgan fingerprint density at radius 2 is 0.800 bits per heavy atom. The second kappa shape index (κ2) is 33.1. The third kappa shape index (κ3) is 19.7. The Morgan fingerprint density at radius 3 is 1.11 bits per heavy atom. The Kier molecular flexibility index (Phi) is 26.8. The molecule has 0 aromatic heterocycles. The van der Waals surface area contributed by atoms with Gasteiger partial charge in [0.25, 0.3) is 5.91 Å². The van der Waals surface area contributed by atoms with E-state index in [9.17, 15) is 14.7 Å². The maximum Gasteiger partial charge on any atom is 0.337 e. The molecule has 15 nitrogen and oxygen atoms in total. The van der Waals surface area contributed by atoms with E-state index in [-0.39, 0.29) is 47.1 Å². The summed E-state index contributed by atoms with van der Waals surface area (Å²) in [5, 5.41) is 12.5. The number of rotatable bonds is 27. The van der Waals surface area contributed by atoms with Crippen LogP contribution in [0, 0.1) is 0 Å². The number of carbonyl (C=O) groups is 2. The number of likely N-dealkylation sites (N-methyl/N-ethyl adjacent to an activating group) is 2. The number of carbonyl (C=O) groups excluding carboxylic acids is 1. The van der Waals surface area contributed by atoms with Crippen LogP contribution in [0.4, 0.5) is 0 Å². The van der Waals surface area contributed by atoms with Crippen molar-refractivity contribution in [3.05, 3.63) is 165 Å². The van der Waals surface area contributed by atoms with E-state index in [0.717, 1.165) is 91.1 Å². The van der Waals surface area contributed by atoms with Crippen LogP contribution < -0.4 is 48.9 Å². The third-order valence-corrected chi connectivity index (χ3v) is 12.5. The number of hydrogen-bond acceptors (Lipinski definition) is 13. The number of methoxy groups -OCH3 is 4. The lowest BCUT2D eigenvalue weighted by atomic mass is 10.1. The van der Waals surface area contributed by atoms with Gasteiger partial charge in [0.2, 0.25) is 0 Å². The maximum absolute atomic E-state index is 12.9. The number of nitrogens with two attached hydrogens (primary N) is 1. The number of aromatic carboxylic acids is 1. The molecule has 0 radical (unpaired) electrons. The highest BCUT2D eigenvalue weighted by Crippen LogP contribution is 2.40. The zero-order valence-corrected chi connectivity index (χ0v) is 45.8. The van der Waals surface area contributed by atoms with Gasteiger partial charge in [-0.2, -0.15) is 0 Å². The zero-order valence-electron chi connectivity index (χ0n) is 44.3. The number of amides is 1. The Hall–Kier alpha value is -6.88. The van der Waals surface area contributed by atoms with E-state index < -0.39 is 5.97 Å². The summed E-state index contributed by atoms with van der Waals surface area (Å²) in [5.41, 5.74) is 9.28. The molecule has 17 heteroatoms. The van der Waals surface area contributed by atoms with Crippen molar-refractivity contribution in [2.75, 3.05) is 80.8 Å². The monoisotopic (exact) mass is 1070 g/mol. The quantitative estimate of drug-likeness (QED) is 0.0445. The number of halogens is 2. The second-order valence-corrected chi connectivity index (χ2v) is 17.2. The normalized spacial score (nSPS) is 10.6. The largest absolute Gasteiger partial charge is 0.497 e. The predicted molar refractivity (Wildman–Crippen MR) is 296 cm³/mol. The summed E-state index contributed by atoms with van der Waals surface area (Å²) < 4.78 is 44.7. The standard InChI is InChI=1S/C29H35ClN2O5.C23H21ClO6.C6H16N2/c1-5-32(6-2)18-17-31-29(33)25-15-16-26(36-19-21-7-11-23(34-3)12-8-21)28(27(25)30)37-20-22-9-13-24(35-4)14-10-22;1-27-17-7-3-15(4-8-17)13-29-20-12-11-19(23(25)26)21(24)22(20)30-14-16-5-9-18(28-2)10-6-16;1-3-8(4-2)6-5-7/h7-16H,5-6,17-20H2,1-4H3,(H,31,33);3-12H,13-14H2,1-2H3,(H,25,26);3-7H2,1-2H3. The van der Waals surface area contributed by atoms with E-state index in [2.05, 4.69) is 42.8 Å². The van der Waals surface area contributed by atoms with Crippen molar-refractivity contribution >= 4 is 35.1 Å². The minimum Gasteiger partial charge on any atom is -0.497 e. The van der Waals surface area contributed by atoms with E-state index in [1.165, 1.54) is 6.07 Å². The Balaban J connectivity index is 0.000000287. The van der Waals surface area contributed by atoms with Crippen molar-refractivity contribution < 1.29 is 52.6 Å². The van der Waals surface area contributed by atoms with Crippen molar-refractivity contribution in [3.8, 4) is 46.0 Å². The molecule has 0 bridgehead atoms. The smallest absolute Gasteiger partial charge is 0.337 e. The van der Waals surface area contributed by atoms with Crippen LogP contribution in [-0.2, 0) is 26.4 Å². The van der Waals surface area contributed by atoms with Crippen molar-refractivity contribution in [1.82, 2.24) is 15.1 Å². The number of hydrogen-bond donors (Lipinski definition) is 3. The van der Waals surface area contributed by atoms with Gasteiger partial charge in [-0.15, -0.1) is 0 Å². The van der Waals surface area contributed by atoms with Crippen LogP contribution in [0.25, 0.3) is 0 Å². The molecule has 0 aliphatic heterocycles. The first-order valence-corrected chi connectivity index (χ1v) is 25.4. The predicted octanol–water partition coefficient (Wildman–Crippen LogP) is 11.1. The summed E-state index contributed by atoms with van der Waals surface area (Å²) in [5.74, 6) is 2.92. The molecule has 0 aliphatic rings. The van der Waals surface area contributed by atoms with Crippen LogP contribution in [0.15, 0.2) is 121 Å². The zero-order chi connectivity index (χ0) is 54.5. The van der Waals surface area contributed by atoms with Gasteiger partial charge in [0.05, 0.1) is 44.6 Å². The molecule has 404 valence electrons. The van der Waals surface area contributed by atoms with Crippen LogP contribution in [0.2, 0.25) is 10.0 Å². The molecule has 6 aromatic carbocycles. The van der Waals surface area contributed by atoms with Crippen molar-refractivity contribution in [3.63, 3.8) is 0 Å². The lowest BCUT2D eigenvalue weighted by molar-refractivity contribution is 0.0696. The van der Waals surface area contributed by atoms with Gasteiger partial charge in [-0.1, -0.05) is 99.4 Å². The van der Waals surface area contributed by atoms with Crippen LogP contribution in [0.3, 0.4) is 0 Å². The summed E-state index contributed by atoms with van der Waals surface area (Å²) in [4.78, 5) is 28.9. The summed E-state index contributed by atoms with van der Waals surface area (Å²) >= 11 is 13.0. The SMILES string of the molecule is CCN(CC)CCN.CCN(CC)CCNC(=O)c1ccc(OCc2ccc(OC)cc2)c(OCc2ccc(OC)cc2)c1Cl.COc1ccc(COc2ccc(C(=O)O)c(Cl)c2OCc2ccc(OC)cc2)cc1. The number of carboxylic acid groups (broad SMARTS) is 1. The van der Waals surface area contributed by atoms with Crippen molar-refractivity contribution in [2.24, 2.45) is 5.73 Å². The van der Waals surface area contributed by atoms with Crippen LogP contribution in [0.1, 0.15) is 70.7 Å². The number of nitrogens with zero attached hydrogens (tertiary/aromatic N) is 2. The molecular weight excluding hydrogens is 1000 g/mol. The minimum absolute atomic E-state index is 0.0109. The topological polar surface area (TPSA) is 173 Å². The van der Waals surface area contributed by atoms with Gasteiger partial charge in [0, 0.05) is 26.2 Å². The molecule has 6 rings (SSSR count). The fourth-order valence-electron chi connectivity index (χ4n) is 7.12. The van der Waals surface area contributed by atoms with Crippen molar-refractivity contribution in [1.29, 1.82) is 0 Å². The molecule has 0 fully saturated rings.